The monoisotopic (exact) mass is 1710 g/mol. The average molecular weight is 1710 g/mol. The number of hydrogen-bond donors (Lipinski definition) is 3. The molecule has 0 saturated heterocycles. The standard InChI is InChI=1S/C24H26ClNO4.2C24H24ClNO4.C23H25ClN2O4/c3*1-24(2,28)16-30-21-11-10-20(15-22(21)29-3)26-13-12-18(14-23(26)27)5-4-17-6-8-19(25)9-7-17;1-23(2,3)15-30-20-8-7-18(11-21(20)28-4)26-10-9-19(12-22(26)27)29-14-17-6-5-16(24)13-25-17/h6-15,28H,4-5,16H2,1-3H3;2*4-15,28H,16H2,1-3H3;5-13H,14-15H2,1-4H3/b;5-4+;5-4-;. The first-order valence-corrected chi connectivity index (χ1v) is 39.7. The highest BCUT2D eigenvalue weighted by molar-refractivity contribution is 6.31. The van der Waals surface area contributed by atoms with E-state index in [2.05, 4.69) is 25.8 Å². The molecule has 5 aromatic heterocycles. The summed E-state index contributed by atoms with van der Waals surface area (Å²) in [6.45, 7) is 17.5. The second kappa shape index (κ2) is 42.7. The first kappa shape index (κ1) is 92.1. The molecule has 3 N–H and O–H groups in total. The summed E-state index contributed by atoms with van der Waals surface area (Å²) in [5.41, 5.74) is 5.59. The van der Waals surface area contributed by atoms with E-state index in [-0.39, 0.29) is 54.1 Å². The molecule has 7 aromatic carbocycles. The molecular formula is C95H99Cl4N5O16. The summed E-state index contributed by atoms with van der Waals surface area (Å²) in [5.74, 6) is 4.64. The number of hydrogen-bond acceptors (Lipinski definition) is 17. The number of nitrogens with zero attached hydrogens (tertiary/aromatic N) is 5. The molecule has 12 aromatic rings. The molecule has 120 heavy (non-hydrogen) atoms. The quantitative estimate of drug-likeness (QED) is 0.0394. The summed E-state index contributed by atoms with van der Waals surface area (Å²) in [7, 11) is 6.18. The SMILES string of the molecule is COc1cc(-n2ccc(/C=C/c3ccc(Cl)cc3)cc2=O)ccc1OCC(C)(C)O.COc1cc(-n2ccc(/C=C\c3ccc(Cl)cc3)cc2=O)ccc1OCC(C)(C)O.COc1cc(-n2ccc(CCc3ccc(Cl)cc3)cc2=O)ccc1OCC(C)(C)O.COc1cc(-n2ccc(OCc3ccc(Cl)cn3)cc2=O)ccc1OCC(C)(C)C. The summed E-state index contributed by atoms with van der Waals surface area (Å²) in [6.07, 6.45) is 17.6. The van der Waals surface area contributed by atoms with Crippen LogP contribution in [0.4, 0.5) is 0 Å². The maximum Gasteiger partial charge on any atom is 0.258 e. The van der Waals surface area contributed by atoms with Crippen molar-refractivity contribution in [2.24, 2.45) is 5.41 Å². The summed E-state index contributed by atoms with van der Waals surface area (Å²) < 4.78 is 56.2. The minimum Gasteiger partial charge on any atom is -0.493 e. The second-order valence-corrected chi connectivity index (χ2v) is 32.5. The van der Waals surface area contributed by atoms with Gasteiger partial charge in [-0.1, -0.05) is 128 Å². The van der Waals surface area contributed by atoms with Gasteiger partial charge in [0.1, 0.15) is 32.2 Å². The molecule has 0 spiro atoms. The summed E-state index contributed by atoms with van der Waals surface area (Å²) >= 11 is 23.5. The Morgan fingerprint density at radius 2 is 0.650 bits per heavy atom. The van der Waals surface area contributed by atoms with Gasteiger partial charge in [-0.15, -0.1) is 0 Å². The summed E-state index contributed by atoms with van der Waals surface area (Å²) in [5, 5.41) is 32.2. The molecule has 0 atom stereocenters. The van der Waals surface area contributed by atoms with Crippen molar-refractivity contribution < 1.29 is 58.0 Å². The van der Waals surface area contributed by atoms with Crippen LogP contribution in [0.15, 0.2) is 256 Å². The molecule has 21 nitrogen and oxygen atoms in total. The van der Waals surface area contributed by atoms with Crippen LogP contribution in [0.3, 0.4) is 0 Å². The van der Waals surface area contributed by atoms with Crippen LogP contribution in [0, 0.1) is 5.41 Å². The van der Waals surface area contributed by atoms with Crippen LogP contribution in [0.25, 0.3) is 47.1 Å². The van der Waals surface area contributed by atoms with Crippen molar-refractivity contribution in [3.8, 4) is 74.5 Å². The van der Waals surface area contributed by atoms with E-state index in [1.807, 2.05) is 127 Å². The van der Waals surface area contributed by atoms with Gasteiger partial charge in [-0.05, 0) is 215 Å². The highest BCUT2D eigenvalue weighted by Gasteiger charge is 2.21. The first-order valence-electron chi connectivity index (χ1n) is 38.2. The van der Waals surface area contributed by atoms with E-state index in [0.29, 0.717) is 101 Å². The van der Waals surface area contributed by atoms with Crippen LogP contribution < -0.4 is 64.9 Å². The van der Waals surface area contributed by atoms with Crippen LogP contribution in [0.2, 0.25) is 20.1 Å². The second-order valence-electron chi connectivity index (χ2n) is 30.8. The van der Waals surface area contributed by atoms with Gasteiger partial charge < -0.3 is 58.0 Å². The first-order chi connectivity index (χ1) is 57.0. The normalized spacial score (nSPS) is 11.5. The predicted octanol–water partition coefficient (Wildman–Crippen LogP) is 19.0. The molecule has 0 saturated carbocycles. The third-order valence-electron chi connectivity index (χ3n) is 17.3. The molecule has 628 valence electrons. The molecular weight excluding hydrogens is 1610 g/mol. The highest BCUT2D eigenvalue weighted by Crippen LogP contribution is 2.35. The molecule has 0 fully saturated rings. The number of methoxy groups -OCH3 is 4. The van der Waals surface area contributed by atoms with Crippen LogP contribution >= 0.6 is 46.4 Å². The molecule has 0 unspecified atom stereocenters. The van der Waals surface area contributed by atoms with Crippen LogP contribution in [-0.4, -0.2) is 110 Å². The van der Waals surface area contributed by atoms with Gasteiger partial charge in [0.15, 0.2) is 46.0 Å². The molecule has 0 aliphatic heterocycles. The fourth-order valence-electron chi connectivity index (χ4n) is 11.2. The lowest BCUT2D eigenvalue weighted by Crippen LogP contribution is -2.28. The molecule has 0 aliphatic carbocycles. The largest absolute Gasteiger partial charge is 0.493 e. The number of rotatable bonds is 29. The van der Waals surface area contributed by atoms with Gasteiger partial charge in [-0.25, -0.2) is 0 Å². The zero-order valence-corrected chi connectivity index (χ0v) is 72.2. The van der Waals surface area contributed by atoms with Crippen molar-refractivity contribution in [1.82, 2.24) is 23.3 Å². The van der Waals surface area contributed by atoms with Gasteiger partial charge in [-0.2, -0.15) is 0 Å². The topological polar surface area (TPSA) is 245 Å². The average Bonchev–Trinajstić information content (AvgIpc) is 0.826. The zero-order chi connectivity index (χ0) is 86.9. The number of benzene rings is 7. The number of halogens is 4. The Labute approximate surface area is 718 Å². The molecule has 5 heterocycles. The Hall–Kier alpha value is -11.8. The molecule has 25 heteroatoms. The fraction of sp³-hybridized carbons (Fsp3) is 0.253. The predicted molar refractivity (Wildman–Crippen MR) is 478 cm³/mol. The van der Waals surface area contributed by atoms with Crippen molar-refractivity contribution in [3.63, 3.8) is 0 Å². The highest BCUT2D eigenvalue weighted by atomic mass is 35.5. The fourth-order valence-corrected chi connectivity index (χ4v) is 11.6. The van der Waals surface area contributed by atoms with Gasteiger partial charge in [0.05, 0.1) is 85.3 Å². The summed E-state index contributed by atoms with van der Waals surface area (Å²) in [4.78, 5) is 54.8. The van der Waals surface area contributed by atoms with Crippen molar-refractivity contribution in [2.75, 3.05) is 54.9 Å². The smallest absolute Gasteiger partial charge is 0.258 e. The Morgan fingerprint density at radius 3 is 0.983 bits per heavy atom. The van der Waals surface area contributed by atoms with E-state index in [1.165, 1.54) is 39.6 Å². The van der Waals surface area contributed by atoms with Gasteiger partial charge in [0.25, 0.3) is 22.2 Å². The minimum atomic E-state index is -0.962. The Bertz CT molecular complexity index is 5350. The Kier molecular flexibility index (Phi) is 32.8. The number of aliphatic hydroxyl groups is 3. The number of ether oxygens (including phenoxy) is 9. The summed E-state index contributed by atoms with van der Waals surface area (Å²) in [6, 6.07) is 60.9. The third kappa shape index (κ3) is 29.3. The van der Waals surface area contributed by atoms with Crippen LogP contribution in [0.5, 0.6) is 51.7 Å². The maximum absolute atomic E-state index is 12.7. The van der Waals surface area contributed by atoms with E-state index in [0.717, 1.165) is 46.4 Å². The lowest BCUT2D eigenvalue weighted by Gasteiger charge is -2.20. The van der Waals surface area contributed by atoms with E-state index < -0.39 is 16.8 Å². The van der Waals surface area contributed by atoms with Crippen molar-refractivity contribution in [2.45, 2.75) is 98.6 Å². The molecule has 12 rings (SSSR count). The van der Waals surface area contributed by atoms with E-state index >= 15 is 0 Å². The third-order valence-corrected chi connectivity index (χ3v) is 18.3. The number of aryl methyl sites for hydroxylation is 2. The van der Waals surface area contributed by atoms with Gasteiger partial charge in [-0.3, -0.25) is 42.4 Å². The number of pyridine rings is 5. The van der Waals surface area contributed by atoms with Crippen molar-refractivity contribution in [1.29, 1.82) is 0 Å². The lowest BCUT2D eigenvalue weighted by atomic mass is 9.99. The van der Waals surface area contributed by atoms with Crippen molar-refractivity contribution >= 4 is 70.7 Å². The van der Waals surface area contributed by atoms with Gasteiger partial charge in [0, 0.05) is 94.6 Å². The van der Waals surface area contributed by atoms with Gasteiger partial charge >= 0.3 is 0 Å². The van der Waals surface area contributed by atoms with E-state index in [9.17, 15) is 34.5 Å². The van der Waals surface area contributed by atoms with Crippen LogP contribution in [0.1, 0.15) is 101 Å². The lowest BCUT2D eigenvalue weighted by molar-refractivity contribution is 0.0273. The van der Waals surface area contributed by atoms with E-state index in [1.54, 1.807) is 188 Å². The number of aromatic nitrogens is 5. The Morgan fingerprint density at radius 1 is 0.325 bits per heavy atom. The Balaban J connectivity index is 0.000000182. The van der Waals surface area contributed by atoms with E-state index in [4.69, 9.17) is 89.0 Å². The minimum absolute atomic E-state index is 0.0258. The van der Waals surface area contributed by atoms with Crippen molar-refractivity contribution in [3.05, 3.63) is 338 Å². The molecule has 0 aliphatic rings. The van der Waals surface area contributed by atoms with Gasteiger partial charge in [0.2, 0.25) is 0 Å². The van der Waals surface area contributed by atoms with Crippen LogP contribution in [-0.2, 0) is 19.4 Å². The molecule has 0 radical (unpaired) electrons. The zero-order valence-electron chi connectivity index (χ0n) is 69.2. The maximum atomic E-state index is 12.7. The molecule has 0 amide bonds. The molecule has 0 bridgehead atoms.